The summed E-state index contributed by atoms with van der Waals surface area (Å²) in [6.45, 7) is 5.89. The molecule has 0 bridgehead atoms. The number of carboxylic acids is 1. The SMILES string of the molecule is CC(F)c1cc2c(cc1C(C)(C)CC(=O)O)OCCO2. The molecule has 0 radical (unpaired) electrons. The molecule has 1 N–H and O–H groups in total. The van der Waals surface area contributed by atoms with Gasteiger partial charge in [-0.25, -0.2) is 4.39 Å². The molecule has 0 saturated carbocycles. The zero-order valence-electron chi connectivity index (χ0n) is 11.9. The molecule has 0 aromatic heterocycles. The summed E-state index contributed by atoms with van der Waals surface area (Å²) in [6, 6.07) is 3.33. The Labute approximate surface area is 117 Å². The standard InChI is InChI=1S/C15H19FO4/c1-9(16)10-6-12-13(20-5-4-19-12)7-11(10)15(2,3)8-14(17)18/h6-7,9H,4-5,8H2,1-3H3,(H,17,18). The van der Waals surface area contributed by atoms with Crippen LogP contribution in [-0.2, 0) is 10.2 Å². The third kappa shape index (κ3) is 2.86. The van der Waals surface area contributed by atoms with Crippen molar-refractivity contribution in [3.05, 3.63) is 23.3 Å². The molecule has 1 unspecified atom stereocenters. The predicted octanol–water partition coefficient (Wildman–Crippen LogP) is 3.24. The molecule has 20 heavy (non-hydrogen) atoms. The van der Waals surface area contributed by atoms with E-state index in [0.29, 0.717) is 35.8 Å². The topological polar surface area (TPSA) is 55.8 Å². The summed E-state index contributed by atoms with van der Waals surface area (Å²) in [7, 11) is 0. The fourth-order valence-electron chi connectivity index (χ4n) is 2.49. The molecule has 1 aliphatic heterocycles. The second kappa shape index (κ2) is 5.31. The van der Waals surface area contributed by atoms with Gasteiger partial charge in [0.1, 0.15) is 19.4 Å². The highest BCUT2D eigenvalue weighted by molar-refractivity contribution is 5.69. The number of fused-ring (bicyclic) bond motifs is 1. The number of carboxylic acid groups (broad SMARTS) is 1. The lowest BCUT2D eigenvalue weighted by Crippen LogP contribution is -2.25. The van der Waals surface area contributed by atoms with Crippen LogP contribution >= 0.6 is 0 Å². The fourth-order valence-corrected chi connectivity index (χ4v) is 2.49. The van der Waals surface area contributed by atoms with Crippen LogP contribution in [0.1, 0.15) is 44.5 Å². The van der Waals surface area contributed by atoms with Crippen LogP contribution < -0.4 is 9.47 Å². The predicted molar refractivity (Wildman–Crippen MR) is 72.2 cm³/mol. The van der Waals surface area contributed by atoms with Gasteiger partial charge < -0.3 is 14.6 Å². The quantitative estimate of drug-likeness (QED) is 0.921. The first-order valence-corrected chi connectivity index (χ1v) is 6.61. The second-order valence-corrected chi connectivity index (χ2v) is 5.65. The van der Waals surface area contributed by atoms with Crippen LogP contribution in [0.5, 0.6) is 11.5 Å². The van der Waals surface area contributed by atoms with Crippen molar-refractivity contribution in [2.45, 2.75) is 38.8 Å². The van der Waals surface area contributed by atoms with Gasteiger partial charge in [0.05, 0.1) is 6.42 Å². The van der Waals surface area contributed by atoms with Gasteiger partial charge in [0.2, 0.25) is 0 Å². The first kappa shape index (κ1) is 14.6. The Hall–Kier alpha value is -1.78. The Morgan fingerprint density at radius 1 is 1.35 bits per heavy atom. The smallest absolute Gasteiger partial charge is 0.304 e. The third-order valence-electron chi connectivity index (χ3n) is 3.47. The number of hydrogen-bond donors (Lipinski definition) is 1. The van der Waals surface area contributed by atoms with E-state index in [-0.39, 0.29) is 6.42 Å². The van der Waals surface area contributed by atoms with Crippen LogP contribution in [0.25, 0.3) is 0 Å². The van der Waals surface area contributed by atoms with Gasteiger partial charge >= 0.3 is 5.97 Å². The van der Waals surface area contributed by atoms with E-state index in [0.717, 1.165) is 0 Å². The van der Waals surface area contributed by atoms with Gasteiger partial charge in [0, 0.05) is 5.41 Å². The van der Waals surface area contributed by atoms with Crippen molar-refractivity contribution in [1.82, 2.24) is 0 Å². The summed E-state index contributed by atoms with van der Waals surface area (Å²) in [4.78, 5) is 11.0. The summed E-state index contributed by atoms with van der Waals surface area (Å²) in [5.74, 6) is 0.155. The summed E-state index contributed by atoms with van der Waals surface area (Å²) < 4.78 is 24.8. The molecule has 0 spiro atoms. The maximum Gasteiger partial charge on any atom is 0.304 e. The molecular weight excluding hydrogens is 263 g/mol. The number of ether oxygens (including phenoxy) is 2. The average molecular weight is 282 g/mol. The highest BCUT2D eigenvalue weighted by atomic mass is 19.1. The lowest BCUT2D eigenvalue weighted by Gasteiger charge is -2.29. The average Bonchev–Trinajstić information content (AvgIpc) is 2.35. The van der Waals surface area contributed by atoms with Crippen molar-refractivity contribution < 1.29 is 23.8 Å². The van der Waals surface area contributed by atoms with E-state index in [1.54, 1.807) is 26.0 Å². The Morgan fingerprint density at radius 3 is 2.40 bits per heavy atom. The van der Waals surface area contributed by atoms with Crippen LogP contribution in [-0.4, -0.2) is 24.3 Å². The molecule has 1 heterocycles. The van der Waals surface area contributed by atoms with Crippen LogP contribution in [0.4, 0.5) is 4.39 Å². The van der Waals surface area contributed by atoms with E-state index in [1.165, 1.54) is 6.92 Å². The van der Waals surface area contributed by atoms with Crippen molar-refractivity contribution in [2.75, 3.05) is 13.2 Å². The Balaban J connectivity index is 2.52. The van der Waals surface area contributed by atoms with Gasteiger partial charge in [-0.3, -0.25) is 4.79 Å². The number of rotatable bonds is 4. The maximum atomic E-state index is 13.9. The molecule has 2 rings (SSSR count). The molecule has 1 aliphatic rings. The van der Waals surface area contributed by atoms with Crippen molar-refractivity contribution in [3.8, 4) is 11.5 Å². The number of hydrogen-bond acceptors (Lipinski definition) is 3. The first-order chi connectivity index (χ1) is 9.31. The molecule has 0 saturated heterocycles. The minimum atomic E-state index is -1.20. The highest BCUT2D eigenvalue weighted by Crippen LogP contribution is 2.42. The molecule has 110 valence electrons. The molecule has 0 aliphatic carbocycles. The van der Waals surface area contributed by atoms with Crippen LogP contribution in [0.3, 0.4) is 0 Å². The molecule has 1 aromatic rings. The van der Waals surface area contributed by atoms with Gasteiger partial charge in [-0.1, -0.05) is 13.8 Å². The molecule has 0 amide bonds. The summed E-state index contributed by atoms with van der Waals surface area (Å²) in [5.41, 5.74) is 0.428. The summed E-state index contributed by atoms with van der Waals surface area (Å²) in [6.07, 6.45) is -1.28. The zero-order valence-corrected chi connectivity index (χ0v) is 11.9. The number of carbonyl (C=O) groups is 1. The third-order valence-corrected chi connectivity index (χ3v) is 3.47. The summed E-state index contributed by atoms with van der Waals surface area (Å²) in [5, 5.41) is 9.03. The molecule has 5 heteroatoms. The Morgan fingerprint density at radius 2 is 1.90 bits per heavy atom. The molecule has 1 atom stereocenters. The van der Waals surface area contributed by atoms with E-state index in [1.807, 2.05) is 0 Å². The van der Waals surface area contributed by atoms with E-state index < -0.39 is 17.6 Å². The Bertz CT molecular complexity index is 523. The van der Waals surface area contributed by atoms with Crippen molar-refractivity contribution in [1.29, 1.82) is 0 Å². The lowest BCUT2D eigenvalue weighted by atomic mass is 9.78. The first-order valence-electron chi connectivity index (χ1n) is 6.61. The normalized spacial score (nSPS) is 15.8. The van der Waals surface area contributed by atoms with Crippen LogP contribution in [0, 0.1) is 0 Å². The van der Waals surface area contributed by atoms with Crippen molar-refractivity contribution >= 4 is 5.97 Å². The second-order valence-electron chi connectivity index (χ2n) is 5.65. The number of aliphatic carboxylic acids is 1. The van der Waals surface area contributed by atoms with Crippen LogP contribution in [0.2, 0.25) is 0 Å². The van der Waals surface area contributed by atoms with Gasteiger partial charge in [0.25, 0.3) is 0 Å². The van der Waals surface area contributed by atoms with E-state index in [2.05, 4.69) is 0 Å². The number of halogens is 1. The maximum absolute atomic E-state index is 13.9. The summed E-state index contributed by atoms with van der Waals surface area (Å²) >= 11 is 0. The van der Waals surface area contributed by atoms with E-state index in [9.17, 15) is 9.18 Å². The fraction of sp³-hybridized carbons (Fsp3) is 0.533. The van der Waals surface area contributed by atoms with E-state index in [4.69, 9.17) is 14.6 Å². The largest absolute Gasteiger partial charge is 0.486 e. The van der Waals surface area contributed by atoms with Crippen molar-refractivity contribution in [3.63, 3.8) is 0 Å². The highest BCUT2D eigenvalue weighted by Gasteiger charge is 2.30. The minimum absolute atomic E-state index is 0.0770. The minimum Gasteiger partial charge on any atom is -0.486 e. The van der Waals surface area contributed by atoms with E-state index >= 15 is 0 Å². The van der Waals surface area contributed by atoms with Crippen molar-refractivity contribution in [2.24, 2.45) is 0 Å². The zero-order chi connectivity index (χ0) is 14.9. The number of benzene rings is 1. The van der Waals surface area contributed by atoms with Crippen LogP contribution in [0.15, 0.2) is 12.1 Å². The number of alkyl halides is 1. The van der Waals surface area contributed by atoms with Gasteiger partial charge in [-0.05, 0) is 30.2 Å². The monoisotopic (exact) mass is 282 g/mol. The molecular formula is C15H19FO4. The lowest BCUT2D eigenvalue weighted by molar-refractivity contribution is -0.138. The molecule has 4 nitrogen and oxygen atoms in total. The van der Waals surface area contributed by atoms with Gasteiger partial charge in [0.15, 0.2) is 11.5 Å². The van der Waals surface area contributed by atoms with Gasteiger partial charge in [-0.2, -0.15) is 0 Å². The van der Waals surface area contributed by atoms with Gasteiger partial charge in [-0.15, -0.1) is 0 Å². The molecule has 0 fully saturated rings. The Kier molecular flexibility index (Phi) is 3.88. The molecule has 1 aromatic carbocycles.